The van der Waals surface area contributed by atoms with Crippen molar-refractivity contribution in [2.45, 2.75) is 6.92 Å². The van der Waals surface area contributed by atoms with Crippen LogP contribution in [0.15, 0.2) is 48.5 Å². The molecule has 0 radical (unpaired) electrons. The molecule has 0 spiro atoms. The van der Waals surface area contributed by atoms with Crippen molar-refractivity contribution < 1.29 is 19.1 Å². The third-order valence-corrected chi connectivity index (χ3v) is 3.42. The first-order valence-electron chi connectivity index (χ1n) is 7.39. The van der Waals surface area contributed by atoms with Crippen molar-refractivity contribution in [1.82, 2.24) is 0 Å². The van der Waals surface area contributed by atoms with Crippen molar-refractivity contribution in [3.8, 4) is 11.5 Å². The maximum atomic E-state index is 12.2. The smallest absolute Gasteiger partial charge is 0.244 e. The zero-order valence-corrected chi connectivity index (χ0v) is 13.9. The molecule has 0 saturated carbocycles. The molecule has 0 bridgehead atoms. The molecule has 0 aliphatic rings. The summed E-state index contributed by atoms with van der Waals surface area (Å²) in [4.78, 5) is 25.5. The summed E-state index contributed by atoms with van der Waals surface area (Å²) in [5.74, 6) is 0.801. The molecule has 2 rings (SSSR count). The molecule has 126 valence electrons. The molecule has 0 unspecified atom stereocenters. The van der Waals surface area contributed by atoms with Gasteiger partial charge >= 0.3 is 0 Å². The average molecular weight is 328 g/mol. The third-order valence-electron chi connectivity index (χ3n) is 3.42. The first-order valence-corrected chi connectivity index (χ1v) is 7.39. The minimum Gasteiger partial charge on any atom is -0.497 e. The number of ether oxygens (including phenoxy) is 2. The van der Waals surface area contributed by atoms with Gasteiger partial charge in [-0.05, 0) is 36.4 Å². The van der Waals surface area contributed by atoms with Crippen LogP contribution in [0.1, 0.15) is 6.92 Å². The zero-order chi connectivity index (χ0) is 17.5. The maximum absolute atomic E-state index is 12.2. The van der Waals surface area contributed by atoms with Gasteiger partial charge in [0, 0.05) is 24.4 Å². The summed E-state index contributed by atoms with van der Waals surface area (Å²) in [5.41, 5.74) is 1.24. The highest BCUT2D eigenvalue weighted by Crippen LogP contribution is 2.21. The number of amides is 2. The number of anilines is 2. The van der Waals surface area contributed by atoms with Crippen molar-refractivity contribution in [1.29, 1.82) is 0 Å². The van der Waals surface area contributed by atoms with Crippen LogP contribution in [0.25, 0.3) is 0 Å². The lowest BCUT2D eigenvalue weighted by Crippen LogP contribution is -2.36. The molecular formula is C18H20N2O4. The van der Waals surface area contributed by atoms with Gasteiger partial charge in [0.05, 0.1) is 14.2 Å². The van der Waals surface area contributed by atoms with E-state index >= 15 is 0 Å². The lowest BCUT2D eigenvalue weighted by atomic mass is 10.2. The standard InChI is InChI=1S/C18H20N2O4/c1-13(21)20(15-5-4-6-17(11-15)24-3)12-18(22)19-14-7-9-16(23-2)10-8-14/h4-11H,12H2,1-3H3,(H,19,22). The van der Waals surface area contributed by atoms with Gasteiger partial charge in [0.15, 0.2) is 0 Å². The molecule has 0 saturated heterocycles. The van der Waals surface area contributed by atoms with Gasteiger partial charge < -0.3 is 19.7 Å². The zero-order valence-electron chi connectivity index (χ0n) is 13.9. The molecule has 0 aromatic heterocycles. The lowest BCUT2D eigenvalue weighted by Gasteiger charge is -2.21. The Balaban J connectivity index is 2.08. The fourth-order valence-corrected chi connectivity index (χ4v) is 2.18. The largest absolute Gasteiger partial charge is 0.497 e. The van der Waals surface area contributed by atoms with Gasteiger partial charge in [0.1, 0.15) is 18.0 Å². The quantitative estimate of drug-likeness (QED) is 0.885. The Bertz CT molecular complexity index is 713. The van der Waals surface area contributed by atoms with Gasteiger partial charge in [0.2, 0.25) is 11.8 Å². The molecular weight excluding hydrogens is 308 g/mol. The van der Waals surface area contributed by atoms with Crippen LogP contribution in [0, 0.1) is 0 Å². The molecule has 2 aromatic carbocycles. The van der Waals surface area contributed by atoms with Crippen LogP contribution in [0.2, 0.25) is 0 Å². The fraction of sp³-hybridized carbons (Fsp3) is 0.222. The first kappa shape index (κ1) is 17.3. The number of rotatable bonds is 6. The molecule has 0 aliphatic carbocycles. The van der Waals surface area contributed by atoms with E-state index < -0.39 is 0 Å². The van der Waals surface area contributed by atoms with Gasteiger partial charge in [-0.15, -0.1) is 0 Å². The number of nitrogens with zero attached hydrogens (tertiary/aromatic N) is 1. The number of nitrogens with one attached hydrogen (secondary N) is 1. The Hall–Kier alpha value is -3.02. The monoisotopic (exact) mass is 328 g/mol. The average Bonchev–Trinajstić information content (AvgIpc) is 2.60. The Morgan fingerprint density at radius 3 is 2.25 bits per heavy atom. The van der Waals surface area contributed by atoms with Gasteiger partial charge in [-0.2, -0.15) is 0 Å². The Morgan fingerprint density at radius 1 is 1.00 bits per heavy atom. The van der Waals surface area contributed by atoms with Crippen LogP contribution >= 0.6 is 0 Å². The maximum Gasteiger partial charge on any atom is 0.244 e. The normalized spacial score (nSPS) is 9.96. The van der Waals surface area contributed by atoms with E-state index in [4.69, 9.17) is 9.47 Å². The van der Waals surface area contributed by atoms with E-state index in [2.05, 4.69) is 5.32 Å². The summed E-state index contributed by atoms with van der Waals surface area (Å²) in [7, 11) is 3.13. The molecule has 0 heterocycles. The fourth-order valence-electron chi connectivity index (χ4n) is 2.18. The van der Waals surface area contributed by atoms with Gasteiger partial charge in [0.25, 0.3) is 0 Å². The van der Waals surface area contributed by atoms with Gasteiger partial charge in [-0.25, -0.2) is 0 Å². The highest BCUT2D eigenvalue weighted by molar-refractivity contribution is 6.01. The summed E-state index contributed by atoms with van der Waals surface area (Å²) in [5, 5.41) is 2.76. The van der Waals surface area contributed by atoms with Crippen molar-refractivity contribution in [3.63, 3.8) is 0 Å². The van der Waals surface area contributed by atoms with E-state index in [1.54, 1.807) is 62.8 Å². The molecule has 24 heavy (non-hydrogen) atoms. The second kappa shape index (κ2) is 8.01. The SMILES string of the molecule is COc1ccc(NC(=O)CN(C(C)=O)c2cccc(OC)c2)cc1. The predicted octanol–water partition coefficient (Wildman–Crippen LogP) is 2.70. The van der Waals surface area contributed by atoms with Crippen molar-refractivity contribution in [2.75, 3.05) is 31.0 Å². The number of hydrogen-bond donors (Lipinski definition) is 1. The topological polar surface area (TPSA) is 67.9 Å². The van der Waals surface area contributed by atoms with E-state index in [9.17, 15) is 9.59 Å². The molecule has 2 amide bonds. The molecule has 6 heteroatoms. The Labute approximate surface area is 141 Å². The summed E-state index contributed by atoms with van der Waals surface area (Å²) < 4.78 is 10.2. The molecule has 6 nitrogen and oxygen atoms in total. The first-order chi connectivity index (χ1) is 11.5. The molecule has 1 N–H and O–H groups in total. The minimum absolute atomic E-state index is 0.0888. The summed E-state index contributed by atoms with van der Waals surface area (Å²) in [6.45, 7) is 1.33. The molecule has 0 fully saturated rings. The summed E-state index contributed by atoms with van der Waals surface area (Å²) in [6.07, 6.45) is 0. The van der Waals surface area contributed by atoms with Crippen LogP contribution in [0.3, 0.4) is 0 Å². The molecule has 2 aromatic rings. The third kappa shape index (κ3) is 4.49. The highest BCUT2D eigenvalue weighted by Gasteiger charge is 2.16. The summed E-state index contributed by atoms with van der Waals surface area (Å²) in [6, 6.07) is 14.0. The number of benzene rings is 2. The van der Waals surface area contributed by atoms with E-state index in [1.807, 2.05) is 0 Å². The van der Waals surface area contributed by atoms with Crippen LogP contribution in [0.5, 0.6) is 11.5 Å². The van der Waals surface area contributed by atoms with E-state index in [1.165, 1.54) is 11.8 Å². The number of carbonyl (C=O) groups excluding carboxylic acids is 2. The number of carbonyl (C=O) groups is 2. The predicted molar refractivity (Wildman–Crippen MR) is 92.6 cm³/mol. The van der Waals surface area contributed by atoms with Crippen molar-refractivity contribution >= 4 is 23.2 Å². The minimum atomic E-state index is -0.293. The number of methoxy groups -OCH3 is 2. The Morgan fingerprint density at radius 2 is 1.67 bits per heavy atom. The van der Waals surface area contributed by atoms with Crippen LogP contribution in [0.4, 0.5) is 11.4 Å². The van der Waals surface area contributed by atoms with Gasteiger partial charge in [-0.1, -0.05) is 6.07 Å². The van der Waals surface area contributed by atoms with Crippen molar-refractivity contribution in [2.24, 2.45) is 0 Å². The second-order valence-electron chi connectivity index (χ2n) is 5.08. The Kier molecular flexibility index (Phi) is 5.78. The van der Waals surface area contributed by atoms with Crippen LogP contribution in [-0.2, 0) is 9.59 Å². The summed E-state index contributed by atoms with van der Waals surface area (Å²) >= 11 is 0. The molecule has 0 atom stereocenters. The van der Waals surface area contributed by atoms with Crippen LogP contribution in [-0.4, -0.2) is 32.6 Å². The lowest BCUT2D eigenvalue weighted by molar-refractivity contribution is -0.120. The highest BCUT2D eigenvalue weighted by atomic mass is 16.5. The van der Waals surface area contributed by atoms with E-state index in [-0.39, 0.29) is 18.4 Å². The van der Waals surface area contributed by atoms with E-state index in [0.717, 1.165) is 0 Å². The molecule has 0 aliphatic heterocycles. The second-order valence-corrected chi connectivity index (χ2v) is 5.08. The van der Waals surface area contributed by atoms with Crippen molar-refractivity contribution in [3.05, 3.63) is 48.5 Å². The van der Waals surface area contributed by atoms with Crippen LogP contribution < -0.4 is 19.7 Å². The van der Waals surface area contributed by atoms with Gasteiger partial charge in [-0.3, -0.25) is 9.59 Å². The number of hydrogen-bond acceptors (Lipinski definition) is 4. The van der Waals surface area contributed by atoms with E-state index in [0.29, 0.717) is 22.9 Å².